The number of rotatable bonds is 4. The van der Waals surface area contributed by atoms with Crippen LogP contribution in [-0.2, 0) is 23.4 Å². The molecular formula is C17H32O5Si. The standard InChI is InChI=1S/C17H32O5Si/c1-10-11-9-12(18)21-14(11)16(20-6)15(19-5)13(10)22-23(7,8)17(2,3)4/h10-11,13-16H,9H2,1-8H3/t10-,11-,13+,14-,15-,16+/m1/s1. The highest BCUT2D eigenvalue weighted by molar-refractivity contribution is 6.74. The van der Waals surface area contributed by atoms with E-state index >= 15 is 0 Å². The van der Waals surface area contributed by atoms with Gasteiger partial charge in [0, 0.05) is 20.1 Å². The largest absolute Gasteiger partial charge is 0.459 e. The van der Waals surface area contributed by atoms with Crippen molar-refractivity contribution in [3.05, 3.63) is 0 Å². The van der Waals surface area contributed by atoms with E-state index in [0.29, 0.717) is 6.42 Å². The van der Waals surface area contributed by atoms with Crippen LogP contribution >= 0.6 is 0 Å². The summed E-state index contributed by atoms with van der Waals surface area (Å²) in [6.45, 7) is 13.3. The molecule has 0 aromatic carbocycles. The molecule has 6 atom stereocenters. The first-order valence-electron chi connectivity index (χ1n) is 8.46. The summed E-state index contributed by atoms with van der Waals surface area (Å²) < 4.78 is 23.7. The van der Waals surface area contributed by atoms with Crippen molar-refractivity contribution in [2.24, 2.45) is 11.8 Å². The maximum atomic E-state index is 11.8. The molecule has 0 radical (unpaired) electrons. The second-order valence-corrected chi connectivity index (χ2v) is 13.2. The smallest absolute Gasteiger partial charge is 0.306 e. The molecule has 134 valence electrons. The van der Waals surface area contributed by atoms with Crippen molar-refractivity contribution < 1.29 is 23.4 Å². The van der Waals surface area contributed by atoms with Crippen molar-refractivity contribution in [1.82, 2.24) is 0 Å². The molecule has 0 aromatic heterocycles. The average molecular weight is 345 g/mol. The van der Waals surface area contributed by atoms with Gasteiger partial charge >= 0.3 is 5.97 Å². The van der Waals surface area contributed by atoms with E-state index < -0.39 is 8.32 Å². The van der Waals surface area contributed by atoms with Gasteiger partial charge in [-0.15, -0.1) is 0 Å². The number of hydrogen-bond donors (Lipinski definition) is 0. The van der Waals surface area contributed by atoms with E-state index in [1.807, 2.05) is 0 Å². The second kappa shape index (κ2) is 6.46. The van der Waals surface area contributed by atoms with Crippen LogP contribution in [0.2, 0.25) is 18.1 Å². The van der Waals surface area contributed by atoms with Crippen molar-refractivity contribution in [3.63, 3.8) is 0 Å². The molecule has 0 amide bonds. The predicted octanol–water partition coefficient (Wildman–Crippen LogP) is 2.99. The lowest BCUT2D eigenvalue weighted by Gasteiger charge is -2.49. The number of carbonyl (C=O) groups is 1. The average Bonchev–Trinajstić information content (AvgIpc) is 2.82. The van der Waals surface area contributed by atoms with Crippen molar-refractivity contribution >= 4 is 14.3 Å². The number of ether oxygens (including phenoxy) is 3. The summed E-state index contributed by atoms with van der Waals surface area (Å²) in [5, 5.41) is 0.117. The maximum absolute atomic E-state index is 11.8. The highest BCUT2D eigenvalue weighted by Crippen LogP contribution is 2.46. The lowest BCUT2D eigenvalue weighted by molar-refractivity contribution is -0.190. The van der Waals surface area contributed by atoms with Crippen molar-refractivity contribution in [2.75, 3.05) is 14.2 Å². The van der Waals surface area contributed by atoms with Crippen molar-refractivity contribution in [3.8, 4) is 0 Å². The van der Waals surface area contributed by atoms with Gasteiger partial charge < -0.3 is 18.6 Å². The van der Waals surface area contributed by atoms with Crippen LogP contribution in [0.5, 0.6) is 0 Å². The summed E-state index contributed by atoms with van der Waals surface area (Å²) in [5.41, 5.74) is 0. The molecule has 2 rings (SSSR count). The van der Waals surface area contributed by atoms with Gasteiger partial charge in [-0.25, -0.2) is 0 Å². The molecule has 0 unspecified atom stereocenters. The molecular weight excluding hydrogens is 312 g/mol. The summed E-state index contributed by atoms with van der Waals surface area (Å²) in [6, 6.07) is 0. The van der Waals surface area contributed by atoms with Gasteiger partial charge in [-0.3, -0.25) is 4.79 Å². The van der Waals surface area contributed by atoms with Crippen LogP contribution in [0, 0.1) is 11.8 Å². The Balaban J connectivity index is 2.31. The summed E-state index contributed by atoms with van der Waals surface area (Å²) in [6.07, 6.45) is -0.369. The van der Waals surface area contributed by atoms with E-state index in [1.54, 1.807) is 14.2 Å². The first-order valence-corrected chi connectivity index (χ1v) is 11.4. The lowest BCUT2D eigenvalue weighted by atomic mass is 9.73. The molecule has 2 fully saturated rings. The number of fused-ring (bicyclic) bond motifs is 1. The van der Waals surface area contributed by atoms with Crippen LogP contribution in [0.1, 0.15) is 34.1 Å². The molecule has 1 saturated heterocycles. The zero-order chi connectivity index (χ0) is 17.6. The summed E-state index contributed by atoms with van der Waals surface area (Å²) in [7, 11) is 1.38. The first kappa shape index (κ1) is 18.9. The van der Waals surface area contributed by atoms with Crippen LogP contribution in [0.4, 0.5) is 0 Å². The Bertz CT molecular complexity index is 445. The van der Waals surface area contributed by atoms with Gasteiger partial charge in [-0.1, -0.05) is 27.7 Å². The predicted molar refractivity (Wildman–Crippen MR) is 90.8 cm³/mol. The van der Waals surface area contributed by atoms with E-state index in [4.69, 9.17) is 18.6 Å². The molecule has 2 aliphatic rings. The second-order valence-electron chi connectivity index (χ2n) is 8.42. The van der Waals surface area contributed by atoms with E-state index in [0.717, 1.165) is 0 Å². The molecule has 1 aliphatic heterocycles. The highest BCUT2D eigenvalue weighted by Gasteiger charge is 2.57. The van der Waals surface area contributed by atoms with Gasteiger partial charge in [0.15, 0.2) is 8.32 Å². The third-order valence-corrected chi connectivity index (χ3v) is 10.5. The maximum Gasteiger partial charge on any atom is 0.306 e. The number of hydrogen-bond acceptors (Lipinski definition) is 5. The monoisotopic (exact) mass is 344 g/mol. The first-order chi connectivity index (χ1) is 10.5. The fourth-order valence-corrected chi connectivity index (χ4v) is 4.92. The molecule has 0 spiro atoms. The number of carbonyl (C=O) groups excluding carboxylic acids is 1. The van der Waals surface area contributed by atoms with Crippen LogP contribution in [-0.4, -0.2) is 52.9 Å². The zero-order valence-electron chi connectivity index (χ0n) is 15.7. The van der Waals surface area contributed by atoms with Crippen LogP contribution in [0.25, 0.3) is 0 Å². The quantitative estimate of drug-likeness (QED) is 0.580. The Morgan fingerprint density at radius 3 is 2.13 bits per heavy atom. The minimum atomic E-state index is -1.96. The van der Waals surface area contributed by atoms with Gasteiger partial charge in [0.05, 0.1) is 12.5 Å². The molecule has 5 nitrogen and oxygen atoms in total. The fraction of sp³-hybridized carbons (Fsp3) is 0.941. The van der Waals surface area contributed by atoms with Gasteiger partial charge in [-0.05, 0) is 24.1 Å². The number of methoxy groups -OCH3 is 2. The van der Waals surface area contributed by atoms with E-state index in [2.05, 4.69) is 40.8 Å². The van der Waals surface area contributed by atoms with E-state index in [1.165, 1.54) is 0 Å². The van der Waals surface area contributed by atoms with Gasteiger partial charge in [-0.2, -0.15) is 0 Å². The Labute approximate surface area is 141 Å². The third kappa shape index (κ3) is 3.36. The molecule has 0 aromatic rings. The number of esters is 1. The van der Waals surface area contributed by atoms with Crippen LogP contribution in [0.3, 0.4) is 0 Å². The highest BCUT2D eigenvalue weighted by atomic mass is 28.4. The minimum Gasteiger partial charge on any atom is -0.459 e. The molecule has 23 heavy (non-hydrogen) atoms. The SMILES string of the molecule is CO[C@@H]1[C@H](OC)[C@@H](O[Si](C)(C)C(C)(C)C)[C@H](C)[C@H]2CC(=O)O[C@H]21. The van der Waals surface area contributed by atoms with Gasteiger partial charge in [0.25, 0.3) is 0 Å². The summed E-state index contributed by atoms with van der Waals surface area (Å²) >= 11 is 0. The van der Waals surface area contributed by atoms with Gasteiger partial charge in [0.1, 0.15) is 18.3 Å². The van der Waals surface area contributed by atoms with E-state index in [-0.39, 0.29) is 47.3 Å². The van der Waals surface area contributed by atoms with E-state index in [9.17, 15) is 4.79 Å². The summed E-state index contributed by atoms with van der Waals surface area (Å²) in [5.74, 6) is 0.183. The van der Waals surface area contributed by atoms with Crippen molar-refractivity contribution in [1.29, 1.82) is 0 Å². The van der Waals surface area contributed by atoms with Crippen LogP contribution < -0.4 is 0 Å². The normalized spacial score (nSPS) is 38.3. The van der Waals surface area contributed by atoms with Crippen molar-refractivity contribution in [2.45, 2.75) is 76.7 Å². The fourth-order valence-electron chi connectivity index (χ4n) is 3.54. The minimum absolute atomic E-state index is 0.0819. The molecule has 1 saturated carbocycles. The molecule has 1 heterocycles. The summed E-state index contributed by atoms with van der Waals surface area (Å²) in [4.78, 5) is 11.8. The Morgan fingerprint density at radius 2 is 1.65 bits per heavy atom. The Kier molecular flexibility index (Phi) is 5.31. The third-order valence-electron chi connectivity index (χ3n) is 6.04. The van der Waals surface area contributed by atoms with Gasteiger partial charge in [0.2, 0.25) is 0 Å². The molecule has 0 N–H and O–H groups in total. The molecule has 6 heteroatoms. The Hall–Kier alpha value is -0.433. The Morgan fingerprint density at radius 1 is 1.09 bits per heavy atom. The lowest BCUT2D eigenvalue weighted by Crippen LogP contribution is -2.61. The topological polar surface area (TPSA) is 54.0 Å². The zero-order valence-corrected chi connectivity index (χ0v) is 16.7. The van der Waals surface area contributed by atoms with Crippen LogP contribution in [0.15, 0.2) is 0 Å². The molecule has 1 aliphatic carbocycles. The molecule has 0 bridgehead atoms.